The van der Waals surface area contributed by atoms with Crippen LogP contribution in [0.5, 0.6) is 17.2 Å². The van der Waals surface area contributed by atoms with Crippen molar-refractivity contribution in [2.45, 2.75) is 10.1 Å². The van der Waals surface area contributed by atoms with Gasteiger partial charge in [-0.1, -0.05) is 35.2 Å². The molecule has 0 saturated carbocycles. The molecule has 0 bridgehead atoms. The Morgan fingerprint density at radius 2 is 1.72 bits per heavy atom. The molecule has 0 aliphatic carbocycles. The molecule has 10 heteroatoms. The van der Waals surface area contributed by atoms with Gasteiger partial charge in [0.1, 0.15) is 5.82 Å². The summed E-state index contributed by atoms with van der Waals surface area (Å²) in [6, 6.07) is 9.38. The third kappa shape index (κ3) is 5.15. The van der Waals surface area contributed by atoms with Crippen LogP contribution in [0.1, 0.15) is 15.9 Å². The zero-order valence-electron chi connectivity index (χ0n) is 15.9. The van der Waals surface area contributed by atoms with Crippen molar-refractivity contribution in [1.29, 1.82) is 0 Å². The van der Waals surface area contributed by atoms with Gasteiger partial charge in [-0.25, -0.2) is 4.39 Å². The van der Waals surface area contributed by atoms with E-state index in [-0.39, 0.29) is 11.7 Å². The molecule has 0 fully saturated rings. The minimum atomic E-state index is -0.379. The summed E-state index contributed by atoms with van der Waals surface area (Å²) in [5.41, 5.74) is 1.30. The normalized spacial score (nSPS) is 10.5. The summed E-state index contributed by atoms with van der Waals surface area (Å²) >= 11 is 2.71. The van der Waals surface area contributed by atoms with Crippen molar-refractivity contribution >= 4 is 34.1 Å². The van der Waals surface area contributed by atoms with Crippen LogP contribution in [0.3, 0.4) is 0 Å². The van der Waals surface area contributed by atoms with E-state index in [1.807, 2.05) is 0 Å². The first-order chi connectivity index (χ1) is 14.0. The maximum Gasteiger partial charge on any atom is 0.257 e. The number of amides is 1. The molecule has 3 rings (SSSR count). The van der Waals surface area contributed by atoms with E-state index in [0.29, 0.717) is 38.0 Å². The molecular weight excluding hydrogens is 417 g/mol. The van der Waals surface area contributed by atoms with Crippen LogP contribution in [0.25, 0.3) is 0 Å². The average Bonchev–Trinajstić information content (AvgIpc) is 3.19. The summed E-state index contributed by atoms with van der Waals surface area (Å²) in [5.74, 6) is 1.13. The van der Waals surface area contributed by atoms with E-state index in [0.717, 1.165) is 5.56 Å². The molecule has 0 spiro atoms. The highest BCUT2D eigenvalue weighted by molar-refractivity contribution is 8.00. The molecule has 1 heterocycles. The first-order valence-electron chi connectivity index (χ1n) is 8.36. The van der Waals surface area contributed by atoms with Crippen LogP contribution >= 0.6 is 23.1 Å². The molecule has 7 nitrogen and oxygen atoms in total. The van der Waals surface area contributed by atoms with Crippen molar-refractivity contribution < 1.29 is 23.4 Å². The van der Waals surface area contributed by atoms with E-state index in [1.54, 1.807) is 24.3 Å². The fourth-order valence-electron chi connectivity index (χ4n) is 2.43. The molecule has 0 saturated heterocycles. The monoisotopic (exact) mass is 435 g/mol. The zero-order valence-corrected chi connectivity index (χ0v) is 17.5. The molecule has 0 radical (unpaired) electrons. The van der Waals surface area contributed by atoms with Gasteiger partial charge in [0.05, 0.1) is 21.3 Å². The number of nitrogens with one attached hydrogen (secondary N) is 1. The lowest BCUT2D eigenvalue weighted by Gasteiger charge is -2.13. The average molecular weight is 436 g/mol. The van der Waals surface area contributed by atoms with Crippen LogP contribution in [0, 0.1) is 5.82 Å². The minimum absolute atomic E-state index is 0.272. The SMILES string of the molecule is COc1cc(C(=O)Nc2nnc(SCc3ccc(F)cc3)s2)cc(OC)c1OC. The zero-order chi connectivity index (χ0) is 20.8. The van der Waals surface area contributed by atoms with Crippen molar-refractivity contribution in [3.8, 4) is 17.2 Å². The Hall–Kier alpha value is -2.85. The molecular formula is C19H18FN3O4S2. The summed E-state index contributed by atoms with van der Waals surface area (Å²) in [6.07, 6.45) is 0. The van der Waals surface area contributed by atoms with Gasteiger partial charge in [-0.05, 0) is 29.8 Å². The summed E-state index contributed by atoms with van der Waals surface area (Å²) in [5, 5.41) is 11.1. The number of anilines is 1. The van der Waals surface area contributed by atoms with Crippen molar-refractivity contribution in [3.05, 3.63) is 53.3 Å². The lowest BCUT2D eigenvalue weighted by Crippen LogP contribution is -2.12. The maximum absolute atomic E-state index is 13.0. The molecule has 0 atom stereocenters. The van der Waals surface area contributed by atoms with Gasteiger partial charge < -0.3 is 14.2 Å². The number of carbonyl (C=O) groups excluding carboxylic acids is 1. The fourth-order valence-corrected chi connectivity index (χ4v) is 4.13. The first-order valence-corrected chi connectivity index (χ1v) is 10.2. The molecule has 3 aromatic rings. The highest BCUT2D eigenvalue weighted by Crippen LogP contribution is 2.38. The maximum atomic E-state index is 13.0. The molecule has 1 amide bonds. The van der Waals surface area contributed by atoms with Gasteiger partial charge in [0.2, 0.25) is 10.9 Å². The van der Waals surface area contributed by atoms with Crippen LogP contribution in [0.2, 0.25) is 0 Å². The number of thioether (sulfide) groups is 1. The predicted molar refractivity (Wildman–Crippen MR) is 110 cm³/mol. The van der Waals surface area contributed by atoms with Crippen molar-refractivity contribution in [2.75, 3.05) is 26.6 Å². The molecule has 29 heavy (non-hydrogen) atoms. The van der Waals surface area contributed by atoms with E-state index in [9.17, 15) is 9.18 Å². The lowest BCUT2D eigenvalue weighted by molar-refractivity contribution is 0.102. The molecule has 152 valence electrons. The van der Waals surface area contributed by atoms with Crippen LogP contribution in [0.15, 0.2) is 40.7 Å². The van der Waals surface area contributed by atoms with Gasteiger partial charge in [-0.3, -0.25) is 10.1 Å². The van der Waals surface area contributed by atoms with E-state index in [1.165, 1.54) is 56.6 Å². The summed E-state index contributed by atoms with van der Waals surface area (Å²) in [7, 11) is 4.45. The summed E-state index contributed by atoms with van der Waals surface area (Å²) in [6.45, 7) is 0. The number of hydrogen-bond acceptors (Lipinski definition) is 8. The molecule has 0 aliphatic heterocycles. The quantitative estimate of drug-likeness (QED) is 0.418. The number of benzene rings is 2. The Kier molecular flexibility index (Phi) is 6.89. The minimum Gasteiger partial charge on any atom is -0.493 e. The van der Waals surface area contributed by atoms with Crippen molar-refractivity contribution in [2.24, 2.45) is 0 Å². The number of nitrogens with zero attached hydrogens (tertiary/aromatic N) is 2. The Labute approximate surface area is 175 Å². The number of rotatable bonds is 8. The van der Waals surface area contributed by atoms with Gasteiger partial charge in [0, 0.05) is 11.3 Å². The van der Waals surface area contributed by atoms with Crippen LogP contribution in [-0.2, 0) is 5.75 Å². The van der Waals surface area contributed by atoms with Gasteiger partial charge in [0.25, 0.3) is 5.91 Å². The fraction of sp³-hybridized carbons (Fsp3) is 0.211. The number of hydrogen-bond donors (Lipinski definition) is 1. The third-order valence-corrected chi connectivity index (χ3v) is 5.87. The number of carbonyl (C=O) groups is 1. The number of aromatic nitrogens is 2. The number of ether oxygens (including phenoxy) is 3. The number of methoxy groups -OCH3 is 3. The molecule has 2 aromatic carbocycles. The second-order valence-electron chi connectivity index (χ2n) is 5.66. The standard InChI is InChI=1S/C19H18FN3O4S2/c1-25-14-8-12(9-15(26-2)16(14)27-3)17(24)21-18-22-23-19(29-18)28-10-11-4-6-13(20)7-5-11/h4-9H,10H2,1-3H3,(H,21,22,24). The Morgan fingerprint density at radius 1 is 1.07 bits per heavy atom. The van der Waals surface area contributed by atoms with Gasteiger partial charge in [0.15, 0.2) is 15.8 Å². The van der Waals surface area contributed by atoms with Crippen LogP contribution in [-0.4, -0.2) is 37.4 Å². The van der Waals surface area contributed by atoms with E-state index in [2.05, 4.69) is 15.5 Å². The summed E-state index contributed by atoms with van der Waals surface area (Å²) < 4.78 is 29.4. The van der Waals surface area contributed by atoms with E-state index >= 15 is 0 Å². The highest BCUT2D eigenvalue weighted by Gasteiger charge is 2.18. The second kappa shape index (κ2) is 9.57. The first kappa shape index (κ1) is 20.9. The second-order valence-corrected chi connectivity index (χ2v) is 7.86. The van der Waals surface area contributed by atoms with E-state index < -0.39 is 0 Å². The van der Waals surface area contributed by atoms with Gasteiger partial charge in [-0.2, -0.15) is 0 Å². The predicted octanol–water partition coefficient (Wildman–Crippen LogP) is 4.25. The topological polar surface area (TPSA) is 82.6 Å². The molecule has 1 aromatic heterocycles. The van der Waals surface area contributed by atoms with Crippen molar-refractivity contribution in [3.63, 3.8) is 0 Å². The molecule has 0 unspecified atom stereocenters. The highest BCUT2D eigenvalue weighted by atomic mass is 32.2. The Bertz CT molecular complexity index is 970. The largest absolute Gasteiger partial charge is 0.493 e. The van der Waals surface area contributed by atoms with Crippen LogP contribution in [0.4, 0.5) is 9.52 Å². The van der Waals surface area contributed by atoms with Crippen molar-refractivity contribution in [1.82, 2.24) is 10.2 Å². The Balaban J connectivity index is 1.67. The Morgan fingerprint density at radius 3 is 2.31 bits per heavy atom. The molecule has 0 aliphatic rings. The smallest absolute Gasteiger partial charge is 0.257 e. The van der Waals surface area contributed by atoms with Gasteiger partial charge >= 0.3 is 0 Å². The third-order valence-electron chi connectivity index (χ3n) is 3.83. The van der Waals surface area contributed by atoms with Crippen LogP contribution < -0.4 is 19.5 Å². The van der Waals surface area contributed by atoms with E-state index in [4.69, 9.17) is 14.2 Å². The lowest BCUT2D eigenvalue weighted by atomic mass is 10.1. The van der Waals surface area contributed by atoms with Gasteiger partial charge in [-0.15, -0.1) is 10.2 Å². The molecule has 1 N–H and O–H groups in total. The number of halogens is 1. The summed E-state index contributed by atoms with van der Waals surface area (Å²) in [4.78, 5) is 12.6.